The maximum Gasteiger partial charge on any atom is 0.338 e. The zero-order valence-electron chi connectivity index (χ0n) is 15.0. The highest BCUT2D eigenvalue weighted by molar-refractivity contribution is 5.88. The van der Waals surface area contributed by atoms with Gasteiger partial charge in [-0.05, 0) is 50.2 Å². The average Bonchev–Trinajstić information content (AvgIpc) is 2.69. The summed E-state index contributed by atoms with van der Waals surface area (Å²) in [6.07, 6.45) is 3.67. The molecule has 4 rings (SSSR count). The molecule has 3 N–H and O–H groups in total. The second-order valence-corrected chi connectivity index (χ2v) is 6.58. The Balaban J connectivity index is 1.60. The number of nitrogens with one attached hydrogen (secondary N) is 2. The van der Waals surface area contributed by atoms with E-state index < -0.39 is 11.8 Å². The van der Waals surface area contributed by atoms with E-state index in [2.05, 4.69) is 20.6 Å². The van der Waals surface area contributed by atoms with Crippen LogP contribution in [0, 0.1) is 5.82 Å². The van der Waals surface area contributed by atoms with Crippen molar-refractivity contribution in [3.63, 3.8) is 0 Å². The fraction of sp³-hybridized carbons (Fsp3) is 0.250. The average molecular weight is 382 g/mol. The van der Waals surface area contributed by atoms with Crippen molar-refractivity contribution in [3.05, 3.63) is 54.0 Å². The van der Waals surface area contributed by atoms with Crippen LogP contribution >= 0.6 is 0 Å². The van der Waals surface area contributed by atoms with E-state index in [0.29, 0.717) is 17.0 Å². The summed E-state index contributed by atoms with van der Waals surface area (Å²) in [5.74, 6) is -1.18. The third-order valence-electron chi connectivity index (χ3n) is 4.61. The smallest absolute Gasteiger partial charge is 0.338 e. The van der Waals surface area contributed by atoms with E-state index in [0.717, 1.165) is 37.4 Å². The Labute approximate surface area is 160 Å². The minimum Gasteiger partial charge on any atom is -0.488 e. The number of fused-ring (bicyclic) bond motifs is 1. The minimum absolute atomic E-state index is 0.135. The Morgan fingerprint density at radius 1 is 1.25 bits per heavy atom. The molecule has 7 nitrogen and oxygen atoms in total. The van der Waals surface area contributed by atoms with Gasteiger partial charge < -0.3 is 20.5 Å². The maximum absolute atomic E-state index is 13.9. The summed E-state index contributed by atoms with van der Waals surface area (Å²) < 4.78 is 20.0. The molecule has 1 aliphatic rings. The first kappa shape index (κ1) is 18.1. The van der Waals surface area contributed by atoms with Crippen molar-refractivity contribution < 1.29 is 19.0 Å². The molecule has 2 aromatic carbocycles. The van der Waals surface area contributed by atoms with Crippen molar-refractivity contribution >= 4 is 28.5 Å². The molecular weight excluding hydrogens is 363 g/mol. The summed E-state index contributed by atoms with van der Waals surface area (Å²) in [6.45, 7) is 1.85. The first-order valence-corrected chi connectivity index (χ1v) is 9.03. The van der Waals surface area contributed by atoms with E-state index in [-0.39, 0.29) is 17.6 Å². The maximum atomic E-state index is 13.9. The number of anilines is 2. The zero-order chi connectivity index (χ0) is 19.5. The van der Waals surface area contributed by atoms with Gasteiger partial charge in [-0.2, -0.15) is 0 Å². The molecular formula is C20H19FN4O3. The van der Waals surface area contributed by atoms with Crippen molar-refractivity contribution in [2.75, 3.05) is 18.4 Å². The molecule has 0 unspecified atom stereocenters. The summed E-state index contributed by atoms with van der Waals surface area (Å²) in [6, 6.07) is 9.45. The molecule has 8 heteroatoms. The van der Waals surface area contributed by atoms with E-state index in [1.54, 1.807) is 6.20 Å². The van der Waals surface area contributed by atoms with Crippen LogP contribution in [0.15, 0.2) is 42.6 Å². The van der Waals surface area contributed by atoms with Crippen LogP contribution in [-0.4, -0.2) is 40.2 Å². The SMILES string of the molecule is O=C(O)c1ccc(Nc2ncc3cccc(OC4CCNCC4)c3n2)cc1F. The lowest BCUT2D eigenvalue weighted by atomic mass is 10.1. The Kier molecular flexibility index (Phi) is 5.03. The van der Waals surface area contributed by atoms with Crippen LogP contribution in [0.25, 0.3) is 10.9 Å². The van der Waals surface area contributed by atoms with Crippen molar-refractivity contribution in [3.8, 4) is 5.75 Å². The lowest BCUT2D eigenvalue weighted by molar-refractivity contribution is 0.0692. The van der Waals surface area contributed by atoms with Crippen molar-refractivity contribution in [2.24, 2.45) is 0 Å². The number of para-hydroxylation sites is 1. The second kappa shape index (κ2) is 7.77. The lowest BCUT2D eigenvalue weighted by Crippen LogP contribution is -2.34. The molecule has 0 spiro atoms. The van der Waals surface area contributed by atoms with Gasteiger partial charge in [0.05, 0.1) is 5.56 Å². The number of aromatic carboxylic acids is 1. The van der Waals surface area contributed by atoms with Gasteiger partial charge in [0.25, 0.3) is 0 Å². The number of hydrogen-bond acceptors (Lipinski definition) is 6. The lowest BCUT2D eigenvalue weighted by Gasteiger charge is -2.24. The summed E-state index contributed by atoms with van der Waals surface area (Å²) in [5.41, 5.74) is 0.641. The van der Waals surface area contributed by atoms with Crippen molar-refractivity contribution in [2.45, 2.75) is 18.9 Å². The van der Waals surface area contributed by atoms with Gasteiger partial charge in [0.15, 0.2) is 0 Å². The molecule has 1 saturated heterocycles. The van der Waals surface area contributed by atoms with Crippen LogP contribution in [0.3, 0.4) is 0 Å². The number of rotatable bonds is 5. The molecule has 0 radical (unpaired) electrons. The molecule has 144 valence electrons. The molecule has 1 aromatic heterocycles. The number of piperidine rings is 1. The summed E-state index contributed by atoms with van der Waals surface area (Å²) in [7, 11) is 0. The van der Waals surface area contributed by atoms with Gasteiger partial charge >= 0.3 is 5.97 Å². The predicted molar refractivity (Wildman–Crippen MR) is 103 cm³/mol. The van der Waals surface area contributed by atoms with Gasteiger partial charge in [-0.3, -0.25) is 0 Å². The summed E-state index contributed by atoms with van der Waals surface area (Å²) >= 11 is 0. The molecule has 0 amide bonds. The van der Waals surface area contributed by atoms with Crippen LogP contribution in [0.5, 0.6) is 5.75 Å². The van der Waals surface area contributed by atoms with Crippen LogP contribution in [-0.2, 0) is 0 Å². The molecule has 3 aromatic rings. The number of ether oxygens (including phenoxy) is 1. The number of carbonyl (C=O) groups is 1. The number of aromatic nitrogens is 2. The normalized spacial score (nSPS) is 14.8. The third-order valence-corrected chi connectivity index (χ3v) is 4.61. The van der Waals surface area contributed by atoms with E-state index >= 15 is 0 Å². The summed E-state index contributed by atoms with van der Waals surface area (Å²) in [5, 5.41) is 16.0. The molecule has 1 fully saturated rings. The number of nitrogens with zero attached hydrogens (tertiary/aromatic N) is 2. The van der Waals surface area contributed by atoms with Crippen LogP contribution in [0.1, 0.15) is 23.2 Å². The highest BCUT2D eigenvalue weighted by Crippen LogP contribution is 2.27. The monoisotopic (exact) mass is 382 g/mol. The topological polar surface area (TPSA) is 96.4 Å². The van der Waals surface area contributed by atoms with E-state index in [1.165, 1.54) is 12.1 Å². The minimum atomic E-state index is -1.31. The molecule has 28 heavy (non-hydrogen) atoms. The van der Waals surface area contributed by atoms with Crippen LogP contribution in [0.2, 0.25) is 0 Å². The Bertz CT molecular complexity index is 1020. The molecule has 2 heterocycles. The van der Waals surface area contributed by atoms with Crippen LogP contribution < -0.4 is 15.4 Å². The largest absolute Gasteiger partial charge is 0.488 e. The number of carboxylic acids is 1. The second-order valence-electron chi connectivity index (χ2n) is 6.58. The van der Waals surface area contributed by atoms with Gasteiger partial charge in [0.1, 0.15) is 23.2 Å². The van der Waals surface area contributed by atoms with E-state index in [4.69, 9.17) is 9.84 Å². The summed E-state index contributed by atoms with van der Waals surface area (Å²) in [4.78, 5) is 19.7. The van der Waals surface area contributed by atoms with Gasteiger partial charge in [-0.25, -0.2) is 19.2 Å². The highest BCUT2D eigenvalue weighted by Gasteiger charge is 2.17. The predicted octanol–water partition coefficient (Wildman–Crippen LogP) is 3.34. The van der Waals surface area contributed by atoms with Gasteiger partial charge in [-0.15, -0.1) is 0 Å². The van der Waals surface area contributed by atoms with Gasteiger partial charge in [0.2, 0.25) is 5.95 Å². The Morgan fingerprint density at radius 2 is 2.07 bits per heavy atom. The highest BCUT2D eigenvalue weighted by atomic mass is 19.1. The van der Waals surface area contributed by atoms with Gasteiger partial charge in [0, 0.05) is 17.3 Å². The van der Waals surface area contributed by atoms with E-state index in [1.807, 2.05) is 18.2 Å². The molecule has 0 atom stereocenters. The van der Waals surface area contributed by atoms with E-state index in [9.17, 15) is 9.18 Å². The quantitative estimate of drug-likeness (QED) is 0.623. The number of hydrogen-bond donors (Lipinski definition) is 3. The zero-order valence-corrected chi connectivity index (χ0v) is 15.0. The fourth-order valence-electron chi connectivity index (χ4n) is 3.17. The first-order chi connectivity index (χ1) is 13.6. The van der Waals surface area contributed by atoms with Gasteiger partial charge in [-0.1, -0.05) is 12.1 Å². The first-order valence-electron chi connectivity index (χ1n) is 9.03. The number of carboxylic acid groups (broad SMARTS) is 1. The fourth-order valence-corrected chi connectivity index (χ4v) is 3.17. The molecule has 0 aliphatic carbocycles. The Hall–Kier alpha value is -3.26. The number of halogens is 1. The number of benzene rings is 2. The Morgan fingerprint density at radius 3 is 2.82 bits per heavy atom. The van der Waals surface area contributed by atoms with Crippen molar-refractivity contribution in [1.29, 1.82) is 0 Å². The molecule has 0 bridgehead atoms. The molecule has 0 saturated carbocycles. The molecule has 1 aliphatic heterocycles. The standard InChI is InChI=1S/C20H19FN4O3/c21-16-10-13(4-5-15(16)19(26)27)24-20-23-11-12-2-1-3-17(18(12)25-20)28-14-6-8-22-9-7-14/h1-5,10-11,14,22H,6-9H2,(H,26,27)(H,23,24,25). The van der Waals surface area contributed by atoms with Crippen molar-refractivity contribution in [1.82, 2.24) is 15.3 Å². The third kappa shape index (κ3) is 3.86. The van der Waals surface area contributed by atoms with Crippen LogP contribution in [0.4, 0.5) is 16.0 Å².